The molecule has 0 atom stereocenters. The summed E-state index contributed by atoms with van der Waals surface area (Å²) in [6.07, 6.45) is 2.35. The van der Waals surface area contributed by atoms with Crippen LogP contribution in [-0.2, 0) is 4.79 Å². The second-order valence-corrected chi connectivity index (χ2v) is 6.38. The first-order valence-electron chi connectivity index (χ1n) is 7.36. The summed E-state index contributed by atoms with van der Waals surface area (Å²) in [6, 6.07) is 7.07. The number of carbonyl (C=O) groups is 2. The van der Waals surface area contributed by atoms with Crippen LogP contribution in [0.3, 0.4) is 0 Å². The Morgan fingerprint density at radius 1 is 1.33 bits per heavy atom. The van der Waals surface area contributed by atoms with Gasteiger partial charge in [0, 0.05) is 18.5 Å². The summed E-state index contributed by atoms with van der Waals surface area (Å²) in [4.78, 5) is 26.2. The number of benzene rings is 1. The van der Waals surface area contributed by atoms with Crippen molar-refractivity contribution in [3.63, 3.8) is 0 Å². The number of carbonyl (C=O) groups excluding carboxylic acids is 2. The second-order valence-electron chi connectivity index (χ2n) is 6.38. The summed E-state index contributed by atoms with van der Waals surface area (Å²) in [7, 11) is 1.57. The van der Waals surface area contributed by atoms with Gasteiger partial charge in [-0.3, -0.25) is 9.59 Å². The molecule has 1 aromatic carbocycles. The summed E-state index contributed by atoms with van der Waals surface area (Å²) in [6.45, 7) is 5.16. The van der Waals surface area contributed by atoms with Crippen molar-refractivity contribution in [2.45, 2.75) is 33.1 Å². The average Bonchev–Trinajstić information content (AvgIpc) is 2.60. The van der Waals surface area contributed by atoms with Gasteiger partial charge in [-0.25, -0.2) is 0 Å². The second kappa shape index (κ2) is 6.29. The SMILES string of the molecule is COc1cccc(C(=O)CN2CCC(C)(C)CCC2=O)c1. The van der Waals surface area contributed by atoms with E-state index in [1.165, 1.54) is 0 Å². The van der Waals surface area contributed by atoms with Crippen LogP contribution in [0.1, 0.15) is 43.5 Å². The number of rotatable bonds is 4. The predicted molar refractivity (Wildman–Crippen MR) is 81.5 cm³/mol. The number of hydrogen-bond donors (Lipinski definition) is 0. The van der Waals surface area contributed by atoms with E-state index in [4.69, 9.17) is 4.74 Å². The molecule has 0 aromatic heterocycles. The predicted octanol–water partition coefficient (Wildman–Crippen LogP) is 2.92. The molecule has 0 unspecified atom stereocenters. The molecule has 1 fully saturated rings. The van der Waals surface area contributed by atoms with Crippen LogP contribution in [0.25, 0.3) is 0 Å². The van der Waals surface area contributed by atoms with Crippen molar-refractivity contribution in [2.24, 2.45) is 5.41 Å². The van der Waals surface area contributed by atoms with E-state index < -0.39 is 0 Å². The number of nitrogens with zero attached hydrogens (tertiary/aromatic N) is 1. The van der Waals surface area contributed by atoms with Gasteiger partial charge in [-0.2, -0.15) is 0 Å². The minimum Gasteiger partial charge on any atom is -0.497 e. The molecule has 0 saturated carbocycles. The lowest BCUT2D eigenvalue weighted by atomic mass is 9.85. The molecular weight excluding hydrogens is 266 g/mol. The van der Waals surface area contributed by atoms with Gasteiger partial charge >= 0.3 is 0 Å². The Morgan fingerprint density at radius 2 is 2.10 bits per heavy atom. The molecule has 0 radical (unpaired) electrons. The number of methoxy groups -OCH3 is 1. The molecule has 0 bridgehead atoms. The quantitative estimate of drug-likeness (QED) is 0.801. The first-order valence-corrected chi connectivity index (χ1v) is 7.36. The maximum Gasteiger partial charge on any atom is 0.222 e. The van der Waals surface area contributed by atoms with Gasteiger partial charge in [-0.05, 0) is 30.4 Å². The van der Waals surface area contributed by atoms with Crippen molar-refractivity contribution in [3.8, 4) is 5.75 Å². The Hall–Kier alpha value is -1.84. The van der Waals surface area contributed by atoms with Crippen LogP contribution in [0.4, 0.5) is 0 Å². The fourth-order valence-electron chi connectivity index (χ4n) is 2.52. The van der Waals surface area contributed by atoms with Crippen molar-refractivity contribution >= 4 is 11.7 Å². The molecule has 114 valence electrons. The summed E-state index contributed by atoms with van der Waals surface area (Å²) in [5.74, 6) is 0.697. The van der Waals surface area contributed by atoms with Crippen molar-refractivity contribution in [2.75, 3.05) is 20.2 Å². The van der Waals surface area contributed by atoms with Crippen LogP contribution in [0.15, 0.2) is 24.3 Å². The Bertz CT molecular complexity index is 537. The molecular formula is C17H23NO3. The van der Waals surface area contributed by atoms with Crippen molar-refractivity contribution in [3.05, 3.63) is 29.8 Å². The number of Topliss-reactive ketones (excluding diaryl/α,β-unsaturated/α-hetero) is 1. The number of amides is 1. The van der Waals surface area contributed by atoms with Crippen molar-refractivity contribution < 1.29 is 14.3 Å². The largest absolute Gasteiger partial charge is 0.497 e. The monoisotopic (exact) mass is 289 g/mol. The Balaban J connectivity index is 2.06. The standard InChI is InChI=1S/C17H23NO3/c1-17(2)8-7-16(20)18(10-9-17)12-15(19)13-5-4-6-14(11-13)21-3/h4-6,11H,7-10,12H2,1-3H3. The fourth-order valence-corrected chi connectivity index (χ4v) is 2.52. The third kappa shape index (κ3) is 4.06. The minimum atomic E-state index is -0.0399. The van der Waals surface area contributed by atoms with Crippen molar-refractivity contribution in [1.82, 2.24) is 4.90 Å². The topological polar surface area (TPSA) is 46.6 Å². The Kier molecular flexibility index (Phi) is 4.66. The van der Waals surface area contributed by atoms with Crippen LogP contribution >= 0.6 is 0 Å². The van der Waals surface area contributed by atoms with E-state index in [1.807, 2.05) is 0 Å². The summed E-state index contributed by atoms with van der Waals surface area (Å²) >= 11 is 0. The lowest BCUT2D eigenvalue weighted by Gasteiger charge is -2.23. The molecule has 4 heteroatoms. The highest BCUT2D eigenvalue weighted by molar-refractivity contribution is 5.99. The van der Waals surface area contributed by atoms with Crippen LogP contribution in [0.5, 0.6) is 5.75 Å². The van der Waals surface area contributed by atoms with Crippen LogP contribution < -0.4 is 4.74 Å². The minimum absolute atomic E-state index is 0.0399. The molecule has 4 nitrogen and oxygen atoms in total. The fraction of sp³-hybridized carbons (Fsp3) is 0.529. The molecule has 0 aliphatic carbocycles. The smallest absolute Gasteiger partial charge is 0.222 e. The van der Waals surface area contributed by atoms with E-state index in [1.54, 1.807) is 36.3 Å². The third-order valence-electron chi connectivity index (χ3n) is 4.15. The van der Waals surface area contributed by atoms with Gasteiger partial charge < -0.3 is 9.64 Å². The molecule has 0 spiro atoms. The molecule has 1 aliphatic heterocycles. The zero-order chi connectivity index (χ0) is 15.5. The zero-order valence-electron chi connectivity index (χ0n) is 13.0. The molecule has 21 heavy (non-hydrogen) atoms. The van der Waals surface area contributed by atoms with E-state index in [9.17, 15) is 9.59 Å². The van der Waals surface area contributed by atoms with E-state index in [0.717, 1.165) is 12.8 Å². The Labute approximate surface area is 126 Å². The molecule has 1 heterocycles. The highest BCUT2D eigenvalue weighted by Gasteiger charge is 2.28. The average molecular weight is 289 g/mol. The summed E-state index contributed by atoms with van der Waals surface area (Å²) in [5.41, 5.74) is 0.759. The zero-order valence-corrected chi connectivity index (χ0v) is 13.0. The number of likely N-dealkylation sites (tertiary alicyclic amines) is 1. The molecule has 0 N–H and O–H groups in total. The van der Waals surface area contributed by atoms with Gasteiger partial charge in [0.2, 0.25) is 5.91 Å². The van der Waals surface area contributed by atoms with Crippen molar-refractivity contribution in [1.29, 1.82) is 0 Å². The van der Waals surface area contributed by atoms with E-state index in [2.05, 4.69) is 13.8 Å². The van der Waals surface area contributed by atoms with Crippen LogP contribution in [-0.4, -0.2) is 36.8 Å². The lowest BCUT2D eigenvalue weighted by Crippen LogP contribution is -2.35. The van der Waals surface area contributed by atoms with Gasteiger partial charge in [-0.15, -0.1) is 0 Å². The highest BCUT2D eigenvalue weighted by Crippen LogP contribution is 2.30. The molecule has 1 aliphatic rings. The Morgan fingerprint density at radius 3 is 2.81 bits per heavy atom. The van der Waals surface area contributed by atoms with Gasteiger partial charge in [-0.1, -0.05) is 26.0 Å². The van der Waals surface area contributed by atoms with Crippen LogP contribution in [0.2, 0.25) is 0 Å². The summed E-state index contributed by atoms with van der Waals surface area (Å²) in [5, 5.41) is 0. The number of hydrogen-bond acceptors (Lipinski definition) is 3. The third-order valence-corrected chi connectivity index (χ3v) is 4.15. The lowest BCUT2D eigenvalue weighted by molar-refractivity contribution is -0.130. The number of ether oxygens (including phenoxy) is 1. The highest BCUT2D eigenvalue weighted by atomic mass is 16.5. The molecule has 2 rings (SSSR count). The van der Waals surface area contributed by atoms with Gasteiger partial charge in [0.05, 0.1) is 13.7 Å². The van der Waals surface area contributed by atoms with Gasteiger partial charge in [0.25, 0.3) is 0 Å². The number of ketones is 1. The normalized spacial score (nSPS) is 18.2. The van der Waals surface area contributed by atoms with E-state index in [-0.39, 0.29) is 23.7 Å². The maximum absolute atomic E-state index is 12.4. The molecule has 1 amide bonds. The maximum atomic E-state index is 12.4. The van der Waals surface area contributed by atoms with Gasteiger partial charge in [0.15, 0.2) is 5.78 Å². The van der Waals surface area contributed by atoms with E-state index in [0.29, 0.717) is 24.3 Å². The van der Waals surface area contributed by atoms with Crippen LogP contribution in [0, 0.1) is 5.41 Å². The molecule has 1 saturated heterocycles. The first-order chi connectivity index (χ1) is 9.91. The van der Waals surface area contributed by atoms with E-state index >= 15 is 0 Å². The summed E-state index contributed by atoms with van der Waals surface area (Å²) < 4.78 is 5.13. The van der Waals surface area contributed by atoms with Gasteiger partial charge in [0.1, 0.15) is 5.75 Å². The first kappa shape index (κ1) is 15.5. The molecule has 1 aromatic rings.